The fraction of sp³-hybridized carbons (Fsp3) is 0.280. The summed E-state index contributed by atoms with van der Waals surface area (Å²) in [6.07, 6.45) is 9.67. The standard InChI is InChI=1S/C25H26/c1-3-5-8-11-23-18-20-25(21-19-23)13-10-7-6-9-12-24-16-14-22(4-2)15-17-24/h6-7,14-21H,3-5,8,11H2,1-2H3. The molecule has 0 radical (unpaired) electrons. The highest BCUT2D eigenvalue weighted by Crippen LogP contribution is 2.08. The van der Waals surface area contributed by atoms with Crippen LogP contribution in [0, 0.1) is 23.7 Å². The van der Waals surface area contributed by atoms with Gasteiger partial charge in [0, 0.05) is 11.1 Å². The van der Waals surface area contributed by atoms with Crippen molar-refractivity contribution in [2.24, 2.45) is 0 Å². The van der Waals surface area contributed by atoms with Gasteiger partial charge in [0.2, 0.25) is 0 Å². The molecule has 0 bridgehead atoms. The Morgan fingerprint density at radius 3 is 1.68 bits per heavy atom. The van der Waals surface area contributed by atoms with Crippen LogP contribution in [0.15, 0.2) is 60.7 Å². The Kier molecular flexibility index (Phi) is 8.17. The van der Waals surface area contributed by atoms with Crippen molar-refractivity contribution in [3.05, 3.63) is 82.9 Å². The molecule has 126 valence electrons. The van der Waals surface area contributed by atoms with Crippen LogP contribution in [0.3, 0.4) is 0 Å². The third-order valence-corrected chi connectivity index (χ3v) is 4.07. The quantitative estimate of drug-likeness (QED) is 0.471. The number of hydrogen-bond acceptors (Lipinski definition) is 0. The van der Waals surface area contributed by atoms with E-state index in [9.17, 15) is 0 Å². The molecule has 0 aliphatic carbocycles. The Balaban J connectivity index is 1.85. The molecule has 2 aromatic rings. The van der Waals surface area contributed by atoms with E-state index in [0.29, 0.717) is 0 Å². The monoisotopic (exact) mass is 326 g/mol. The Morgan fingerprint density at radius 1 is 0.680 bits per heavy atom. The molecule has 0 amide bonds. The van der Waals surface area contributed by atoms with Crippen molar-refractivity contribution in [2.45, 2.75) is 46.0 Å². The Bertz CT molecular complexity index is 782. The van der Waals surface area contributed by atoms with Crippen LogP contribution in [0.2, 0.25) is 0 Å². The summed E-state index contributed by atoms with van der Waals surface area (Å²) in [6, 6.07) is 16.9. The molecule has 0 spiro atoms. The van der Waals surface area contributed by atoms with Crippen LogP contribution in [0.25, 0.3) is 0 Å². The van der Waals surface area contributed by atoms with Gasteiger partial charge >= 0.3 is 0 Å². The molecule has 25 heavy (non-hydrogen) atoms. The molecular formula is C25H26. The van der Waals surface area contributed by atoms with E-state index in [-0.39, 0.29) is 0 Å². The van der Waals surface area contributed by atoms with Crippen LogP contribution in [0.1, 0.15) is 55.4 Å². The lowest BCUT2D eigenvalue weighted by atomic mass is 10.1. The topological polar surface area (TPSA) is 0 Å². The van der Waals surface area contributed by atoms with Gasteiger partial charge in [0.25, 0.3) is 0 Å². The number of allylic oxidation sites excluding steroid dienone is 2. The lowest BCUT2D eigenvalue weighted by molar-refractivity contribution is 0.717. The van der Waals surface area contributed by atoms with Crippen LogP contribution >= 0.6 is 0 Å². The van der Waals surface area contributed by atoms with E-state index < -0.39 is 0 Å². The van der Waals surface area contributed by atoms with Gasteiger partial charge in [-0.1, -0.05) is 74.6 Å². The second-order valence-corrected chi connectivity index (χ2v) is 6.08. The van der Waals surface area contributed by atoms with Crippen LogP contribution in [0.4, 0.5) is 0 Å². The molecule has 0 aromatic heterocycles. The largest absolute Gasteiger partial charge is 0.0689 e. The fourth-order valence-corrected chi connectivity index (χ4v) is 2.49. The van der Waals surface area contributed by atoms with E-state index in [2.05, 4.69) is 86.1 Å². The zero-order valence-electron chi connectivity index (χ0n) is 15.3. The van der Waals surface area contributed by atoms with Gasteiger partial charge in [-0.15, -0.1) is 0 Å². The number of hydrogen-bond donors (Lipinski definition) is 0. The summed E-state index contributed by atoms with van der Waals surface area (Å²) in [4.78, 5) is 0. The van der Waals surface area contributed by atoms with Crippen LogP contribution in [-0.4, -0.2) is 0 Å². The second-order valence-electron chi connectivity index (χ2n) is 6.08. The molecule has 0 aliphatic rings. The highest BCUT2D eigenvalue weighted by Gasteiger charge is 1.93. The molecule has 0 N–H and O–H groups in total. The smallest absolute Gasteiger partial charge is 0.0249 e. The van der Waals surface area contributed by atoms with Gasteiger partial charge in [-0.2, -0.15) is 0 Å². The summed E-state index contributed by atoms with van der Waals surface area (Å²) in [7, 11) is 0. The van der Waals surface area contributed by atoms with Gasteiger partial charge in [0.1, 0.15) is 0 Å². The Labute approximate surface area is 153 Å². The molecular weight excluding hydrogens is 300 g/mol. The maximum absolute atomic E-state index is 3.15. The second kappa shape index (κ2) is 11.0. The summed E-state index contributed by atoms with van der Waals surface area (Å²) in [5.41, 5.74) is 4.82. The number of unbranched alkanes of at least 4 members (excludes halogenated alkanes) is 2. The number of rotatable bonds is 5. The molecule has 0 saturated carbocycles. The van der Waals surface area contributed by atoms with Crippen molar-refractivity contribution < 1.29 is 0 Å². The average molecular weight is 326 g/mol. The van der Waals surface area contributed by atoms with Gasteiger partial charge in [-0.3, -0.25) is 0 Å². The Morgan fingerprint density at radius 2 is 1.20 bits per heavy atom. The highest BCUT2D eigenvalue weighted by molar-refractivity contribution is 5.41. The summed E-state index contributed by atoms with van der Waals surface area (Å²) in [6.45, 7) is 4.39. The first kappa shape index (κ1) is 18.6. The summed E-state index contributed by atoms with van der Waals surface area (Å²) in [5, 5.41) is 0. The predicted molar refractivity (Wildman–Crippen MR) is 108 cm³/mol. The zero-order valence-corrected chi connectivity index (χ0v) is 15.3. The minimum absolute atomic E-state index is 1.04. The van der Waals surface area contributed by atoms with Crippen molar-refractivity contribution in [1.29, 1.82) is 0 Å². The maximum Gasteiger partial charge on any atom is 0.0249 e. The normalized spacial score (nSPS) is 10.0. The molecule has 0 nitrogen and oxygen atoms in total. The van der Waals surface area contributed by atoms with Crippen molar-refractivity contribution >= 4 is 0 Å². The van der Waals surface area contributed by atoms with E-state index in [1.165, 1.54) is 30.4 Å². The maximum atomic E-state index is 3.15. The van der Waals surface area contributed by atoms with E-state index in [4.69, 9.17) is 0 Å². The van der Waals surface area contributed by atoms with Crippen molar-refractivity contribution in [1.82, 2.24) is 0 Å². The molecule has 0 heteroatoms. The van der Waals surface area contributed by atoms with E-state index in [1.54, 1.807) is 6.08 Å². The first-order valence-corrected chi connectivity index (χ1v) is 9.17. The summed E-state index contributed by atoms with van der Waals surface area (Å²) < 4.78 is 0. The molecule has 0 saturated heterocycles. The lowest BCUT2D eigenvalue weighted by Crippen LogP contribution is -1.85. The first-order valence-electron chi connectivity index (χ1n) is 9.17. The molecule has 0 heterocycles. The number of aryl methyl sites for hydroxylation is 2. The van der Waals surface area contributed by atoms with E-state index >= 15 is 0 Å². The third kappa shape index (κ3) is 7.15. The fourth-order valence-electron chi connectivity index (χ4n) is 2.49. The van der Waals surface area contributed by atoms with Gasteiger partial charge in [-0.05, 0) is 66.8 Å². The zero-order chi connectivity index (χ0) is 17.7. The molecule has 2 aromatic carbocycles. The van der Waals surface area contributed by atoms with Crippen LogP contribution in [0.5, 0.6) is 0 Å². The highest BCUT2D eigenvalue weighted by atomic mass is 14.0. The van der Waals surface area contributed by atoms with Crippen molar-refractivity contribution in [2.75, 3.05) is 0 Å². The van der Waals surface area contributed by atoms with Crippen molar-refractivity contribution in [3.63, 3.8) is 0 Å². The average Bonchev–Trinajstić information content (AvgIpc) is 2.66. The molecule has 2 rings (SSSR count). The molecule has 0 aliphatic heterocycles. The molecule has 0 fully saturated rings. The predicted octanol–water partition coefficient (Wildman–Crippen LogP) is 5.94. The Hall–Kier alpha value is -2.70. The third-order valence-electron chi connectivity index (χ3n) is 4.07. The van der Waals surface area contributed by atoms with E-state index in [1.807, 2.05) is 6.08 Å². The number of benzene rings is 2. The van der Waals surface area contributed by atoms with Crippen molar-refractivity contribution in [3.8, 4) is 23.7 Å². The minimum atomic E-state index is 1.04. The SMILES string of the molecule is CCCCCc1ccc(C#CC=CC#Cc2ccc(CC)cc2)cc1. The van der Waals surface area contributed by atoms with Crippen LogP contribution in [-0.2, 0) is 12.8 Å². The minimum Gasteiger partial charge on any atom is -0.0689 e. The molecule has 0 unspecified atom stereocenters. The first-order chi connectivity index (χ1) is 12.3. The van der Waals surface area contributed by atoms with Gasteiger partial charge in [0.05, 0.1) is 0 Å². The van der Waals surface area contributed by atoms with Crippen LogP contribution < -0.4 is 0 Å². The summed E-state index contributed by atoms with van der Waals surface area (Å²) >= 11 is 0. The molecule has 0 atom stereocenters. The van der Waals surface area contributed by atoms with Gasteiger partial charge in [0.15, 0.2) is 0 Å². The van der Waals surface area contributed by atoms with Gasteiger partial charge in [-0.25, -0.2) is 0 Å². The van der Waals surface area contributed by atoms with Gasteiger partial charge < -0.3 is 0 Å². The summed E-state index contributed by atoms with van der Waals surface area (Å²) in [5.74, 6) is 12.3. The lowest BCUT2D eigenvalue weighted by Gasteiger charge is -2.00. The van der Waals surface area contributed by atoms with E-state index in [0.717, 1.165) is 24.0 Å².